The highest BCUT2D eigenvalue weighted by molar-refractivity contribution is 6.40. The molecule has 1 aromatic carbocycles. The Morgan fingerprint density at radius 2 is 2.05 bits per heavy atom. The van der Waals surface area contributed by atoms with Gasteiger partial charge in [0.15, 0.2) is 0 Å². The average Bonchev–Trinajstić information content (AvgIpc) is 2.45. The molecular weight excluding hydrogens is 283 g/mol. The summed E-state index contributed by atoms with van der Waals surface area (Å²) in [5, 5.41) is 27.5. The van der Waals surface area contributed by atoms with Crippen LogP contribution in [-0.2, 0) is 11.3 Å². The number of piperidine rings is 1. The smallest absolute Gasteiger partial charge is 0.451 e. The summed E-state index contributed by atoms with van der Waals surface area (Å²) in [5.74, 6) is -0.958. The third-order valence-electron chi connectivity index (χ3n) is 4.18. The van der Waals surface area contributed by atoms with Crippen molar-refractivity contribution < 1.29 is 19.9 Å². The van der Waals surface area contributed by atoms with Gasteiger partial charge in [0.25, 0.3) is 0 Å². The van der Waals surface area contributed by atoms with Crippen molar-refractivity contribution in [3.63, 3.8) is 0 Å². The molecule has 7 heteroatoms. The first kappa shape index (κ1) is 17.0. The van der Waals surface area contributed by atoms with E-state index in [0.717, 1.165) is 5.56 Å². The summed E-state index contributed by atoms with van der Waals surface area (Å²) < 4.78 is 0. The van der Waals surface area contributed by atoms with Gasteiger partial charge in [-0.15, -0.1) is 0 Å². The van der Waals surface area contributed by atoms with Gasteiger partial charge in [0.2, 0.25) is 0 Å². The van der Waals surface area contributed by atoms with Gasteiger partial charge in [-0.25, -0.2) is 0 Å². The van der Waals surface area contributed by atoms with Crippen molar-refractivity contribution in [1.29, 1.82) is 0 Å². The minimum Gasteiger partial charge on any atom is -0.480 e. The molecule has 0 amide bonds. The lowest BCUT2D eigenvalue weighted by molar-refractivity contribution is -0.146. The maximum atomic E-state index is 11.5. The highest BCUT2D eigenvalue weighted by Gasteiger charge is 2.42. The van der Waals surface area contributed by atoms with Gasteiger partial charge in [0.1, 0.15) is 5.54 Å². The van der Waals surface area contributed by atoms with Gasteiger partial charge in [-0.05, 0) is 24.2 Å². The minimum absolute atomic E-state index is 0.0420. The van der Waals surface area contributed by atoms with Crippen LogP contribution in [0.2, 0.25) is 6.32 Å². The molecule has 0 aromatic heterocycles. The van der Waals surface area contributed by atoms with Gasteiger partial charge in [-0.1, -0.05) is 36.8 Å². The Balaban J connectivity index is 2.06. The Morgan fingerprint density at radius 1 is 1.36 bits per heavy atom. The van der Waals surface area contributed by atoms with Crippen LogP contribution in [0.15, 0.2) is 30.3 Å². The summed E-state index contributed by atoms with van der Waals surface area (Å²) in [7, 11) is -1.36. The first-order valence-corrected chi connectivity index (χ1v) is 7.54. The highest BCUT2D eigenvalue weighted by atomic mass is 16.4. The number of carboxylic acid groups (broad SMARTS) is 1. The summed E-state index contributed by atoms with van der Waals surface area (Å²) in [6, 6.07) is 9.84. The van der Waals surface area contributed by atoms with E-state index in [9.17, 15) is 9.90 Å². The van der Waals surface area contributed by atoms with Gasteiger partial charge >= 0.3 is 13.1 Å². The molecule has 1 fully saturated rings. The summed E-state index contributed by atoms with van der Waals surface area (Å²) in [6.07, 6.45) is 1.15. The number of hydrogen-bond donors (Lipinski definition) is 4. The number of rotatable bonds is 6. The number of benzene rings is 1. The lowest BCUT2D eigenvalue weighted by Crippen LogP contribution is -2.61. The van der Waals surface area contributed by atoms with Crippen LogP contribution in [0.1, 0.15) is 18.4 Å². The van der Waals surface area contributed by atoms with E-state index in [-0.39, 0.29) is 12.2 Å². The van der Waals surface area contributed by atoms with E-state index in [1.54, 1.807) is 0 Å². The molecular formula is C15H23BN2O4. The van der Waals surface area contributed by atoms with Crippen LogP contribution in [0, 0.1) is 5.92 Å². The molecule has 0 saturated carbocycles. The molecule has 1 aromatic rings. The minimum atomic E-state index is -1.36. The Hall–Kier alpha value is -1.41. The number of aliphatic carboxylic acids is 1. The lowest BCUT2D eigenvalue weighted by Gasteiger charge is -2.42. The number of likely N-dealkylation sites (tertiary alicyclic amines) is 1. The monoisotopic (exact) mass is 306 g/mol. The van der Waals surface area contributed by atoms with E-state index in [1.807, 2.05) is 35.2 Å². The Morgan fingerprint density at radius 3 is 2.64 bits per heavy atom. The summed E-state index contributed by atoms with van der Waals surface area (Å²) >= 11 is 0. The fourth-order valence-electron chi connectivity index (χ4n) is 3.17. The van der Waals surface area contributed by atoms with Crippen LogP contribution >= 0.6 is 0 Å². The Labute approximate surface area is 130 Å². The van der Waals surface area contributed by atoms with Crippen molar-refractivity contribution in [2.24, 2.45) is 11.7 Å². The molecule has 2 rings (SSSR count). The third kappa shape index (κ3) is 4.54. The number of nitrogens with two attached hydrogens (primary N) is 1. The van der Waals surface area contributed by atoms with Crippen molar-refractivity contribution in [3.05, 3.63) is 35.9 Å². The van der Waals surface area contributed by atoms with E-state index < -0.39 is 18.6 Å². The van der Waals surface area contributed by atoms with E-state index in [4.69, 9.17) is 15.8 Å². The van der Waals surface area contributed by atoms with Crippen molar-refractivity contribution in [2.45, 2.75) is 31.2 Å². The zero-order chi connectivity index (χ0) is 16.2. The van der Waals surface area contributed by atoms with Crippen molar-refractivity contribution in [2.75, 3.05) is 13.1 Å². The van der Waals surface area contributed by atoms with Crippen LogP contribution in [0.4, 0.5) is 0 Å². The van der Waals surface area contributed by atoms with Crippen LogP contribution in [-0.4, -0.2) is 51.8 Å². The van der Waals surface area contributed by atoms with Gasteiger partial charge in [0.05, 0.1) is 0 Å². The molecule has 22 heavy (non-hydrogen) atoms. The molecule has 1 heterocycles. The number of carboxylic acids is 1. The Bertz CT molecular complexity index is 500. The normalized spacial score (nSPS) is 25.9. The van der Waals surface area contributed by atoms with Gasteiger partial charge < -0.3 is 20.9 Å². The second kappa shape index (κ2) is 7.24. The first-order chi connectivity index (χ1) is 10.4. The fourth-order valence-corrected chi connectivity index (χ4v) is 3.17. The molecule has 1 aliphatic rings. The van der Waals surface area contributed by atoms with Crippen molar-refractivity contribution >= 4 is 13.1 Å². The van der Waals surface area contributed by atoms with Crippen molar-refractivity contribution in [1.82, 2.24) is 4.90 Å². The average molecular weight is 306 g/mol. The topological polar surface area (TPSA) is 107 Å². The molecule has 0 unspecified atom stereocenters. The SMILES string of the molecule is N[C@]1(C(=O)O)C[C@H](CCB(O)O)CN(Cc2ccccc2)C1. The molecule has 120 valence electrons. The van der Waals surface area contributed by atoms with E-state index >= 15 is 0 Å². The van der Waals surface area contributed by atoms with E-state index in [0.29, 0.717) is 32.5 Å². The number of nitrogens with zero attached hydrogens (tertiary/aromatic N) is 1. The molecule has 5 N–H and O–H groups in total. The van der Waals surface area contributed by atoms with Crippen molar-refractivity contribution in [3.8, 4) is 0 Å². The molecule has 6 nitrogen and oxygen atoms in total. The molecule has 1 aliphatic heterocycles. The lowest BCUT2D eigenvalue weighted by atomic mass is 9.75. The predicted octanol–water partition coefficient (Wildman–Crippen LogP) is 0.154. The highest BCUT2D eigenvalue weighted by Crippen LogP contribution is 2.28. The quantitative estimate of drug-likeness (QED) is 0.558. The predicted molar refractivity (Wildman–Crippen MR) is 84.0 cm³/mol. The molecule has 0 spiro atoms. The van der Waals surface area contributed by atoms with Gasteiger partial charge in [-0.3, -0.25) is 9.69 Å². The first-order valence-electron chi connectivity index (χ1n) is 7.54. The molecule has 1 saturated heterocycles. The molecule has 0 aliphatic carbocycles. The van der Waals surface area contributed by atoms with E-state index in [2.05, 4.69) is 0 Å². The summed E-state index contributed by atoms with van der Waals surface area (Å²) in [4.78, 5) is 13.6. The van der Waals surface area contributed by atoms with Crippen LogP contribution in [0.3, 0.4) is 0 Å². The maximum absolute atomic E-state index is 11.5. The van der Waals surface area contributed by atoms with Crippen LogP contribution < -0.4 is 5.73 Å². The maximum Gasteiger partial charge on any atom is 0.451 e. The number of hydrogen-bond acceptors (Lipinski definition) is 5. The zero-order valence-electron chi connectivity index (χ0n) is 12.6. The standard InChI is InChI=1S/C15H23BN2O4/c17-15(14(19)20)8-13(6-7-16(21)22)10-18(11-15)9-12-4-2-1-3-5-12/h1-5,13,21-22H,6-11,17H2,(H,19,20)/t13-,15+/m0/s1. The largest absolute Gasteiger partial charge is 0.480 e. The summed E-state index contributed by atoms with van der Waals surface area (Å²) in [5.41, 5.74) is 5.91. The van der Waals surface area contributed by atoms with Crippen LogP contribution in [0.5, 0.6) is 0 Å². The Kier molecular flexibility index (Phi) is 5.58. The number of carbonyl (C=O) groups is 1. The van der Waals surface area contributed by atoms with Gasteiger partial charge in [0, 0.05) is 19.6 Å². The fraction of sp³-hybridized carbons (Fsp3) is 0.533. The zero-order valence-corrected chi connectivity index (χ0v) is 12.6. The van der Waals surface area contributed by atoms with E-state index in [1.165, 1.54) is 0 Å². The molecule has 0 radical (unpaired) electrons. The second-order valence-electron chi connectivity index (χ2n) is 6.24. The molecule has 2 atom stereocenters. The second-order valence-corrected chi connectivity index (χ2v) is 6.24. The van der Waals surface area contributed by atoms with Crippen LogP contribution in [0.25, 0.3) is 0 Å². The summed E-state index contributed by atoms with van der Waals surface area (Å²) in [6.45, 7) is 1.66. The third-order valence-corrected chi connectivity index (χ3v) is 4.18. The molecule has 0 bridgehead atoms. The van der Waals surface area contributed by atoms with Gasteiger partial charge in [-0.2, -0.15) is 0 Å².